The average Bonchev–Trinajstić information content (AvgIpc) is 2.73. The van der Waals surface area contributed by atoms with Crippen molar-refractivity contribution < 1.29 is 4.74 Å². The largest absolute Gasteiger partial charge is 0.378 e. The molecular formula is C15H29NO. The van der Waals surface area contributed by atoms with Gasteiger partial charge in [-0.3, -0.25) is 0 Å². The molecule has 2 rings (SSSR count). The summed E-state index contributed by atoms with van der Waals surface area (Å²) >= 11 is 0. The second-order valence-corrected chi connectivity index (χ2v) is 6.55. The molecule has 1 N–H and O–H groups in total. The van der Waals surface area contributed by atoms with Crippen LogP contribution in [0.1, 0.15) is 58.8 Å². The van der Waals surface area contributed by atoms with E-state index in [1.165, 1.54) is 58.0 Å². The number of ether oxygens (including phenoxy) is 1. The van der Waals surface area contributed by atoms with E-state index in [1.54, 1.807) is 0 Å². The number of rotatable bonds is 7. The second kappa shape index (κ2) is 6.19. The second-order valence-electron chi connectivity index (χ2n) is 6.55. The van der Waals surface area contributed by atoms with Gasteiger partial charge in [-0.1, -0.05) is 20.3 Å². The normalized spacial score (nSPS) is 27.4. The summed E-state index contributed by atoms with van der Waals surface area (Å²) in [4.78, 5) is 0. The zero-order valence-electron chi connectivity index (χ0n) is 11.6. The first-order chi connectivity index (χ1) is 8.20. The standard InChI is InChI=1S/C15H29NO/c1-13(2)11-16-12-15(7-4-8-15)9-6-14-5-3-10-17-14/h13-14,16H,3-12H2,1-2H3. The predicted molar refractivity (Wildman–Crippen MR) is 72.2 cm³/mol. The monoisotopic (exact) mass is 239 g/mol. The summed E-state index contributed by atoms with van der Waals surface area (Å²) in [6.07, 6.45) is 10.1. The van der Waals surface area contributed by atoms with Crippen LogP contribution in [0.15, 0.2) is 0 Å². The Labute approximate surface area is 107 Å². The zero-order valence-corrected chi connectivity index (χ0v) is 11.6. The Kier molecular flexibility index (Phi) is 4.87. The molecule has 2 aliphatic rings. The quantitative estimate of drug-likeness (QED) is 0.735. The van der Waals surface area contributed by atoms with E-state index in [1.807, 2.05) is 0 Å². The fraction of sp³-hybridized carbons (Fsp3) is 1.00. The van der Waals surface area contributed by atoms with Crippen molar-refractivity contribution in [2.24, 2.45) is 11.3 Å². The molecule has 1 heterocycles. The fourth-order valence-corrected chi connectivity index (χ4v) is 3.16. The molecule has 0 spiro atoms. The third-order valence-electron chi connectivity index (χ3n) is 4.49. The summed E-state index contributed by atoms with van der Waals surface area (Å²) in [5.41, 5.74) is 0.626. The highest BCUT2D eigenvalue weighted by atomic mass is 16.5. The van der Waals surface area contributed by atoms with Gasteiger partial charge in [0.15, 0.2) is 0 Å². The lowest BCUT2D eigenvalue weighted by atomic mass is 9.65. The van der Waals surface area contributed by atoms with Crippen molar-refractivity contribution in [3.8, 4) is 0 Å². The van der Waals surface area contributed by atoms with Crippen LogP contribution in [-0.4, -0.2) is 25.8 Å². The summed E-state index contributed by atoms with van der Waals surface area (Å²) in [5, 5.41) is 3.66. The zero-order chi connectivity index (χ0) is 12.1. The van der Waals surface area contributed by atoms with Gasteiger partial charge in [-0.15, -0.1) is 0 Å². The first kappa shape index (κ1) is 13.4. The Morgan fingerprint density at radius 3 is 2.65 bits per heavy atom. The molecule has 1 saturated carbocycles. The van der Waals surface area contributed by atoms with Gasteiger partial charge in [0.25, 0.3) is 0 Å². The lowest BCUT2D eigenvalue weighted by Gasteiger charge is -2.43. The molecule has 0 amide bonds. The molecule has 1 aliphatic carbocycles. The predicted octanol–water partition coefficient (Wildman–Crippen LogP) is 3.36. The van der Waals surface area contributed by atoms with E-state index < -0.39 is 0 Å². The van der Waals surface area contributed by atoms with Crippen molar-refractivity contribution >= 4 is 0 Å². The molecular weight excluding hydrogens is 210 g/mol. The molecule has 17 heavy (non-hydrogen) atoms. The minimum atomic E-state index is 0.581. The van der Waals surface area contributed by atoms with Crippen molar-refractivity contribution in [1.29, 1.82) is 0 Å². The van der Waals surface area contributed by atoms with Crippen LogP contribution in [-0.2, 0) is 4.74 Å². The Morgan fingerprint density at radius 2 is 2.12 bits per heavy atom. The molecule has 2 nitrogen and oxygen atoms in total. The number of hydrogen-bond acceptors (Lipinski definition) is 2. The van der Waals surface area contributed by atoms with Gasteiger partial charge >= 0.3 is 0 Å². The van der Waals surface area contributed by atoms with E-state index in [0.29, 0.717) is 11.5 Å². The molecule has 2 heteroatoms. The van der Waals surface area contributed by atoms with Gasteiger partial charge < -0.3 is 10.1 Å². The lowest BCUT2D eigenvalue weighted by molar-refractivity contribution is 0.0590. The van der Waals surface area contributed by atoms with Gasteiger partial charge in [0, 0.05) is 13.2 Å². The van der Waals surface area contributed by atoms with E-state index in [9.17, 15) is 0 Å². The van der Waals surface area contributed by atoms with E-state index >= 15 is 0 Å². The Hall–Kier alpha value is -0.0800. The first-order valence-corrected chi connectivity index (χ1v) is 7.53. The van der Waals surface area contributed by atoms with Crippen LogP contribution in [0.3, 0.4) is 0 Å². The molecule has 0 bridgehead atoms. The molecule has 100 valence electrons. The Balaban J connectivity index is 1.66. The van der Waals surface area contributed by atoms with E-state index in [0.717, 1.165) is 12.5 Å². The maximum absolute atomic E-state index is 5.74. The molecule has 1 atom stereocenters. The van der Waals surface area contributed by atoms with Crippen LogP contribution >= 0.6 is 0 Å². The van der Waals surface area contributed by atoms with Crippen molar-refractivity contribution in [3.63, 3.8) is 0 Å². The third kappa shape index (κ3) is 3.96. The van der Waals surface area contributed by atoms with E-state index in [-0.39, 0.29) is 0 Å². The smallest absolute Gasteiger partial charge is 0.0576 e. The van der Waals surface area contributed by atoms with Gasteiger partial charge in [0.2, 0.25) is 0 Å². The van der Waals surface area contributed by atoms with Gasteiger partial charge in [0.05, 0.1) is 6.10 Å². The molecule has 1 aliphatic heterocycles. The highest BCUT2D eigenvalue weighted by Crippen LogP contribution is 2.45. The van der Waals surface area contributed by atoms with E-state index in [4.69, 9.17) is 4.74 Å². The van der Waals surface area contributed by atoms with Crippen LogP contribution in [0.5, 0.6) is 0 Å². The Morgan fingerprint density at radius 1 is 1.29 bits per heavy atom. The molecule has 1 saturated heterocycles. The summed E-state index contributed by atoms with van der Waals surface area (Å²) in [7, 11) is 0. The topological polar surface area (TPSA) is 21.3 Å². The highest BCUT2D eigenvalue weighted by Gasteiger charge is 2.36. The number of hydrogen-bond donors (Lipinski definition) is 1. The summed E-state index contributed by atoms with van der Waals surface area (Å²) in [5.74, 6) is 0.769. The lowest BCUT2D eigenvalue weighted by Crippen LogP contribution is -2.41. The maximum atomic E-state index is 5.74. The van der Waals surface area contributed by atoms with E-state index in [2.05, 4.69) is 19.2 Å². The van der Waals surface area contributed by atoms with Gasteiger partial charge in [-0.05, 0) is 56.4 Å². The van der Waals surface area contributed by atoms with Crippen molar-refractivity contribution in [1.82, 2.24) is 5.32 Å². The molecule has 0 aromatic carbocycles. The summed E-state index contributed by atoms with van der Waals surface area (Å²) in [6.45, 7) is 7.97. The van der Waals surface area contributed by atoms with Crippen molar-refractivity contribution in [3.05, 3.63) is 0 Å². The van der Waals surface area contributed by atoms with Gasteiger partial charge in [0.1, 0.15) is 0 Å². The van der Waals surface area contributed by atoms with Crippen LogP contribution in [0.2, 0.25) is 0 Å². The molecule has 0 aromatic heterocycles. The van der Waals surface area contributed by atoms with Crippen LogP contribution < -0.4 is 5.32 Å². The molecule has 0 aromatic rings. The minimum absolute atomic E-state index is 0.581. The van der Waals surface area contributed by atoms with Crippen molar-refractivity contribution in [2.45, 2.75) is 64.9 Å². The summed E-state index contributed by atoms with van der Waals surface area (Å²) in [6, 6.07) is 0. The molecule has 1 unspecified atom stereocenters. The van der Waals surface area contributed by atoms with Crippen LogP contribution in [0.4, 0.5) is 0 Å². The van der Waals surface area contributed by atoms with Crippen molar-refractivity contribution in [2.75, 3.05) is 19.7 Å². The highest BCUT2D eigenvalue weighted by molar-refractivity contribution is 4.90. The van der Waals surface area contributed by atoms with Gasteiger partial charge in [-0.2, -0.15) is 0 Å². The van der Waals surface area contributed by atoms with Crippen LogP contribution in [0.25, 0.3) is 0 Å². The minimum Gasteiger partial charge on any atom is -0.378 e. The Bertz CT molecular complexity index is 217. The van der Waals surface area contributed by atoms with Crippen LogP contribution in [0, 0.1) is 11.3 Å². The average molecular weight is 239 g/mol. The first-order valence-electron chi connectivity index (χ1n) is 7.53. The third-order valence-corrected chi connectivity index (χ3v) is 4.49. The number of nitrogens with one attached hydrogen (secondary N) is 1. The molecule has 2 fully saturated rings. The summed E-state index contributed by atoms with van der Waals surface area (Å²) < 4.78 is 5.74. The SMILES string of the molecule is CC(C)CNCC1(CCC2CCCO2)CCC1. The fourth-order valence-electron chi connectivity index (χ4n) is 3.16. The van der Waals surface area contributed by atoms with Gasteiger partial charge in [-0.25, -0.2) is 0 Å². The molecule has 0 radical (unpaired) electrons. The maximum Gasteiger partial charge on any atom is 0.0576 e.